The van der Waals surface area contributed by atoms with Crippen LogP contribution in [-0.4, -0.2) is 11.6 Å². The van der Waals surface area contributed by atoms with Crippen molar-refractivity contribution in [1.29, 1.82) is 0 Å². The van der Waals surface area contributed by atoms with Gasteiger partial charge in [-0.25, -0.2) is 0 Å². The molecular formula is C19H17ClN2O2. The monoisotopic (exact) mass is 340 g/mol. The summed E-state index contributed by atoms with van der Waals surface area (Å²) in [5.41, 5.74) is 3.50. The van der Waals surface area contributed by atoms with Crippen LogP contribution in [0.5, 0.6) is 5.75 Å². The van der Waals surface area contributed by atoms with E-state index in [0.717, 1.165) is 41.8 Å². The third-order valence-corrected chi connectivity index (χ3v) is 4.52. The Kier molecular flexibility index (Phi) is 3.90. The van der Waals surface area contributed by atoms with Crippen molar-refractivity contribution in [2.45, 2.75) is 19.4 Å². The summed E-state index contributed by atoms with van der Waals surface area (Å²) in [6.45, 7) is 1.17. The Bertz CT molecular complexity index is 965. The minimum absolute atomic E-state index is 0.0944. The summed E-state index contributed by atoms with van der Waals surface area (Å²) in [5.74, 6) is 0.906. The Morgan fingerprint density at radius 3 is 3.04 bits per heavy atom. The van der Waals surface area contributed by atoms with Crippen LogP contribution in [0.15, 0.2) is 47.3 Å². The van der Waals surface area contributed by atoms with Gasteiger partial charge < -0.3 is 15.0 Å². The van der Waals surface area contributed by atoms with Gasteiger partial charge >= 0.3 is 0 Å². The molecule has 2 N–H and O–H groups in total. The molecule has 1 aliphatic rings. The molecule has 0 atom stereocenters. The summed E-state index contributed by atoms with van der Waals surface area (Å²) in [4.78, 5) is 15.2. The Morgan fingerprint density at radius 2 is 2.12 bits per heavy atom. The molecule has 0 amide bonds. The first-order valence-corrected chi connectivity index (χ1v) is 8.38. The molecule has 0 radical (unpaired) electrons. The first-order valence-electron chi connectivity index (χ1n) is 8.01. The molecule has 0 saturated carbocycles. The van der Waals surface area contributed by atoms with E-state index >= 15 is 0 Å². The van der Waals surface area contributed by atoms with Crippen molar-refractivity contribution in [3.05, 3.63) is 69.0 Å². The topological polar surface area (TPSA) is 54.1 Å². The van der Waals surface area contributed by atoms with E-state index in [9.17, 15) is 4.79 Å². The van der Waals surface area contributed by atoms with Crippen molar-refractivity contribution >= 4 is 28.2 Å². The third kappa shape index (κ3) is 2.85. The van der Waals surface area contributed by atoms with Crippen LogP contribution < -0.4 is 15.6 Å². The van der Waals surface area contributed by atoms with Crippen molar-refractivity contribution in [2.24, 2.45) is 0 Å². The van der Waals surface area contributed by atoms with Gasteiger partial charge in [0.2, 0.25) is 0 Å². The van der Waals surface area contributed by atoms with E-state index < -0.39 is 0 Å². The maximum atomic E-state index is 12.3. The van der Waals surface area contributed by atoms with Crippen molar-refractivity contribution < 1.29 is 4.74 Å². The average Bonchev–Trinajstić information content (AvgIpc) is 2.60. The molecule has 0 spiro atoms. The molecule has 122 valence electrons. The number of hydrogen-bond acceptors (Lipinski definition) is 3. The van der Waals surface area contributed by atoms with Crippen LogP contribution in [0.1, 0.15) is 17.5 Å². The second-order valence-corrected chi connectivity index (χ2v) is 6.39. The van der Waals surface area contributed by atoms with E-state index in [1.165, 1.54) is 5.56 Å². The second-order valence-electron chi connectivity index (χ2n) is 5.95. The quantitative estimate of drug-likeness (QED) is 0.754. The number of halogens is 1. The number of anilines is 1. The number of H-pyrrole nitrogens is 1. The number of para-hydroxylation sites is 1. The standard InChI is InChI=1S/C19H17ClN2O2/c20-15-6-7-16-13(10-15)9-14(19(23)22-16)11-21-17-5-1-3-12-4-2-8-24-18(12)17/h1,3,5-7,9-10,21H,2,4,8,11H2,(H,22,23). The highest BCUT2D eigenvalue weighted by molar-refractivity contribution is 6.31. The van der Waals surface area contributed by atoms with Gasteiger partial charge in [-0.3, -0.25) is 4.79 Å². The molecule has 3 aromatic rings. The predicted molar refractivity (Wildman–Crippen MR) is 97.2 cm³/mol. The lowest BCUT2D eigenvalue weighted by molar-refractivity contribution is 0.290. The smallest absolute Gasteiger partial charge is 0.253 e. The van der Waals surface area contributed by atoms with Gasteiger partial charge in [-0.05, 0) is 48.7 Å². The van der Waals surface area contributed by atoms with Crippen LogP contribution in [0.25, 0.3) is 10.9 Å². The van der Waals surface area contributed by atoms with Gasteiger partial charge in [0, 0.05) is 28.0 Å². The van der Waals surface area contributed by atoms with Gasteiger partial charge in [-0.1, -0.05) is 23.7 Å². The summed E-state index contributed by atoms with van der Waals surface area (Å²) >= 11 is 6.04. The highest BCUT2D eigenvalue weighted by Crippen LogP contribution is 2.33. The molecule has 1 aromatic heterocycles. The molecule has 24 heavy (non-hydrogen) atoms. The lowest BCUT2D eigenvalue weighted by Crippen LogP contribution is -2.17. The van der Waals surface area contributed by atoms with Gasteiger partial charge in [0.1, 0.15) is 5.75 Å². The first-order chi connectivity index (χ1) is 11.7. The van der Waals surface area contributed by atoms with E-state index in [4.69, 9.17) is 16.3 Å². The molecule has 4 nitrogen and oxygen atoms in total. The second kappa shape index (κ2) is 6.21. The molecule has 0 saturated heterocycles. The fourth-order valence-electron chi connectivity index (χ4n) is 3.07. The van der Waals surface area contributed by atoms with E-state index in [1.54, 1.807) is 6.07 Å². The molecule has 0 unspecified atom stereocenters. The van der Waals surface area contributed by atoms with Gasteiger partial charge in [-0.15, -0.1) is 0 Å². The number of ether oxygens (including phenoxy) is 1. The maximum absolute atomic E-state index is 12.3. The molecule has 2 heterocycles. The van der Waals surface area contributed by atoms with Crippen LogP contribution in [-0.2, 0) is 13.0 Å². The van der Waals surface area contributed by atoms with Crippen LogP contribution >= 0.6 is 11.6 Å². The number of rotatable bonds is 3. The first kappa shape index (κ1) is 15.1. The molecular weight excluding hydrogens is 324 g/mol. The van der Waals surface area contributed by atoms with E-state index in [0.29, 0.717) is 17.1 Å². The SMILES string of the molecule is O=c1[nH]c2ccc(Cl)cc2cc1CNc1cccc2c1OCCC2. The highest BCUT2D eigenvalue weighted by atomic mass is 35.5. The van der Waals surface area contributed by atoms with Crippen molar-refractivity contribution in [2.75, 3.05) is 11.9 Å². The number of nitrogens with one attached hydrogen (secondary N) is 2. The molecule has 5 heteroatoms. The lowest BCUT2D eigenvalue weighted by atomic mass is 10.1. The molecule has 0 bridgehead atoms. The van der Waals surface area contributed by atoms with Crippen molar-refractivity contribution in [1.82, 2.24) is 4.98 Å². The fourth-order valence-corrected chi connectivity index (χ4v) is 3.25. The van der Waals surface area contributed by atoms with E-state index in [1.807, 2.05) is 30.3 Å². The van der Waals surface area contributed by atoms with Crippen molar-refractivity contribution in [3.63, 3.8) is 0 Å². The number of aryl methyl sites for hydroxylation is 1. The Hall–Kier alpha value is -2.46. The minimum Gasteiger partial charge on any atom is -0.491 e. The zero-order chi connectivity index (χ0) is 16.5. The van der Waals surface area contributed by atoms with Gasteiger partial charge in [0.15, 0.2) is 0 Å². The average molecular weight is 341 g/mol. The van der Waals surface area contributed by atoms with E-state index in [-0.39, 0.29) is 5.56 Å². The number of hydrogen-bond donors (Lipinski definition) is 2. The highest BCUT2D eigenvalue weighted by Gasteiger charge is 2.14. The van der Waals surface area contributed by atoms with Crippen molar-refractivity contribution in [3.8, 4) is 5.75 Å². The summed E-state index contributed by atoms with van der Waals surface area (Å²) in [6.07, 6.45) is 2.07. The zero-order valence-corrected chi connectivity index (χ0v) is 13.8. The van der Waals surface area contributed by atoms with Crippen LogP contribution in [0.2, 0.25) is 5.02 Å². The lowest BCUT2D eigenvalue weighted by Gasteiger charge is -2.20. The predicted octanol–water partition coefficient (Wildman–Crippen LogP) is 4.12. The van der Waals surface area contributed by atoms with Gasteiger partial charge in [0.05, 0.1) is 12.3 Å². The summed E-state index contributed by atoms with van der Waals surface area (Å²) in [6, 6.07) is 13.4. The van der Waals surface area contributed by atoms with Crippen LogP contribution in [0, 0.1) is 0 Å². The number of aromatic amines is 1. The molecule has 1 aliphatic heterocycles. The summed E-state index contributed by atoms with van der Waals surface area (Å²) in [5, 5.41) is 4.90. The Morgan fingerprint density at radius 1 is 1.21 bits per heavy atom. The number of fused-ring (bicyclic) bond motifs is 2. The zero-order valence-electron chi connectivity index (χ0n) is 13.1. The molecule has 2 aromatic carbocycles. The van der Waals surface area contributed by atoms with Gasteiger partial charge in [-0.2, -0.15) is 0 Å². The summed E-state index contributed by atoms with van der Waals surface area (Å²) in [7, 11) is 0. The van der Waals surface area contributed by atoms with Crippen LogP contribution in [0.4, 0.5) is 5.69 Å². The maximum Gasteiger partial charge on any atom is 0.253 e. The molecule has 0 fully saturated rings. The third-order valence-electron chi connectivity index (χ3n) is 4.29. The fraction of sp³-hybridized carbons (Fsp3) is 0.211. The minimum atomic E-state index is -0.0944. The normalized spacial score (nSPS) is 13.4. The number of benzene rings is 2. The number of pyridine rings is 1. The molecule has 4 rings (SSSR count). The Labute approximate surface area is 144 Å². The number of aromatic nitrogens is 1. The Balaban J connectivity index is 1.63. The van der Waals surface area contributed by atoms with E-state index in [2.05, 4.69) is 16.4 Å². The largest absolute Gasteiger partial charge is 0.491 e. The van der Waals surface area contributed by atoms with Gasteiger partial charge in [0.25, 0.3) is 5.56 Å². The summed E-state index contributed by atoms with van der Waals surface area (Å²) < 4.78 is 5.79. The molecule has 0 aliphatic carbocycles. The van der Waals surface area contributed by atoms with Crippen LogP contribution in [0.3, 0.4) is 0 Å².